The SMILES string of the molecule is O=C(c1ccc(=O)[nH]n1)N1CC[NH+](Cc2nc3ccccc3s2)CC1. The molecule has 0 radical (unpaired) electrons. The van der Waals surface area contributed by atoms with Crippen LogP contribution in [0, 0.1) is 0 Å². The van der Waals surface area contributed by atoms with Gasteiger partial charge in [-0.3, -0.25) is 9.59 Å². The third-order valence-electron chi connectivity index (χ3n) is 4.40. The zero-order chi connectivity index (χ0) is 17.2. The van der Waals surface area contributed by atoms with Crippen molar-refractivity contribution in [3.05, 3.63) is 57.5 Å². The lowest BCUT2D eigenvalue weighted by molar-refractivity contribution is -0.917. The van der Waals surface area contributed by atoms with Crippen LogP contribution in [-0.4, -0.2) is 52.2 Å². The van der Waals surface area contributed by atoms with Crippen molar-refractivity contribution in [1.82, 2.24) is 20.1 Å². The molecule has 0 aliphatic carbocycles. The number of nitrogens with one attached hydrogen (secondary N) is 2. The van der Waals surface area contributed by atoms with Gasteiger partial charge in [-0.15, -0.1) is 11.3 Å². The summed E-state index contributed by atoms with van der Waals surface area (Å²) in [5, 5.41) is 7.27. The lowest BCUT2D eigenvalue weighted by Gasteiger charge is -2.31. The van der Waals surface area contributed by atoms with Crippen LogP contribution >= 0.6 is 11.3 Å². The Hall–Kier alpha value is -2.58. The number of piperazine rings is 1. The maximum absolute atomic E-state index is 12.4. The van der Waals surface area contributed by atoms with E-state index in [0.717, 1.165) is 30.2 Å². The van der Waals surface area contributed by atoms with Gasteiger partial charge in [-0.2, -0.15) is 5.10 Å². The van der Waals surface area contributed by atoms with Gasteiger partial charge >= 0.3 is 0 Å². The Kier molecular flexibility index (Phi) is 4.29. The number of hydrogen-bond donors (Lipinski definition) is 2. The van der Waals surface area contributed by atoms with Crippen LogP contribution < -0.4 is 10.5 Å². The van der Waals surface area contributed by atoms with Crippen LogP contribution in [-0.2, 0) is 6.54 Å². The molecule has 0 atom stereocenters. The number of amides is 1. The molecule has 25 heavy (non-hydrogen) atoms. The molecule has 2 aromatic heterocycles. The molecule has 0 saturated carbocycles. The summed E-state index contributed by atoms with van der Waals surface area (Å²) in [7, 11) is 0. The summed E-state index contributed by atoms with van der Waals surface area (Å²) in [5.74, 6) is -0.129. The second-order valence-electron chi connectivity index (χ2n) is 6.10. The van der Waals surface area contributed by atoms with Crippen LogP contribution in [0.3, 0.4) is 0 Å². The van der Waals surface area contributed by atoms with E-state index in [2.05, 4.69) is 16.3 Å². The molecule has 128 valence electrons. The maximum Gasteiger partial charge on any atom is 0.274 e. The highest BCUT2D eigenvalue weighted by Crippen LogP contribution is 2.20. The number of para-hydroxylation sites is 1. The molecular formula is C17H18N5O2S+. The van der Waals surface area contributed by atoms with Gasteiger partial charge in [0.05, 0.1) is 36.4 Å². The Morgan fingerprint density at radius 1 is 1.20 bits per heavy atom. The van der Waals surface area contributed by atoms with E-state index in [0.29, 0.717) is 13.1 Å². The predicted molar refractivity (Wildman–Crippen MR) is 94.8 cm³/mol. The van der Waals surface area contributed by atoms with Gasteiger partial charge in [0.1, 0.15) is 17.2 Å². The van der Waals surface area contributed by atoms with Crippen molar-refractivity contribution in [3.8, 4) is 0 Å². The third-order valence-corrected chi connectivity index (χ3v) is 5.43. The highest BCUT2D eigenvalue weighted by atomic mass is 32.1. The van der Waals surface area contributed by atoms with Gasteiger partial charge < -0.3 is 9.80 Å². The Labute approximate surface area is 147 Å². The monoisotopic (exact) mass is 356 g/mol. The number of H-pyrrole nitrogens is 1. The van der Waals surface area contributed by atoms with Gasteiger partial charge in [-0.05, 0) is 18.2 Å². The van der Waals surface area contributed by atoms with Gasteiger partial charge in [0, 0.05) is 6.07 Å². The largest absolute Gasteiger partial charge is 0.326 e. The number of rotatable bonds is 3. The zero-order valence-electron chi connectivity index (χ0n) is 13.6. The lowest BCUT2D eigenvalue weighted by atomic mass is 10.2. The topological polar surface area (TPSA) is 83.4 Å². The Morgan fingerprint density at radius 2 is 2.00 bits per heavy atom. The van der Waals surface area contributed by atoms with E-state index in [4.69, 9.17) is 4.98 Å². The Bertz CT molecular complexity index is 905. The van der Waals surface area contributed by atoms with Crippen molar-refractivity contribution in [1.29, 1.82) is 0 Å². The minimum absolute atomic E-state index is 0.129. The zero-order valence-corrected chi connectivity index (χ0v) is 14.4. The van der Waals surface area contributed by atoms with Gasteiger partial charge in [0.15, 0.2) is 0 Å². The van der Waals surface area contributed by atoms with Crippen molar-refractivity contribution in [2.24, 2.45) is 0 Å². The summed E-state index contributed by atoms with van der Waals surface area (Å²) in [5.41, 5.74) is 1.04. The molecule has 1 fully saturated rings. The first-order valence-electron chi connectivity index (χ1n) is 8.22. The van der Waals surface area contributed by atoms with Crippen LogP contribution in [0.1, 0.15) is 15.5 Å². The summed E-state index contributed by atoms with van der Waals surface area (Å²) in [6.45, 7) is 4.01. The van der Waals surface area contributed by atoms with Gasteiger partial charge in [-0.1, -0.05) is 12.1 Å². The van der Waals surface area contributed by atoms with Crippen LogP contribution in [0.4, 0.5) is 0 Å². The molecule has 0 unspecified atom stereocenters. The second kappa shape index (κ2) is 6.73. The Balaban J connectivity index is 1.37. The smallest absolute Gasteiger partial charge is 0.274 e. The molecule has 0 spiro atoms. The summed E-state index contributed by atoms with van der Waals surface area (Å²) in [6.07, 6.45) is 0. The minimum atomic E-state index is -0.304. The fourth-order valence-corrected chi connectivity index (χ4v) is 4.08. The number of aromatic amines is 1. The molecule has 0 bridgehead atoms. The maximum atomic E-state index is 12.4. The fourth-order valence-electron chi connectivity index (χ4n) is 3.04. The molecular weight excluding hydrogens is 338 g/mol. The molecule has 4 rings (SSSR count). The standard InChI is InChI=1S/C17H17N5O2S/c23-15-6-5-13(19-20-15)17(24)22-9-7-21(8-10-22)11-16-18-12-3-1-2-4-14(12)25-16/h1-6H,7-11H2,(H,20,23)/p+1. The molecule has 3 heterocycles. The molecule has 1 amide bonds. The normalized spacial score (nSPS) is 15.6. The first-order valence-corrected chi connectivity index (χ1v) is 9.04. The minimum Gasteiger partial charge on any atom is -0.326 e. The third kappa shape index (κ3) is 3.45. The first-order chi connectivity index (χ1) is 12.2. The van der Waals surface area contributed by atoms with E-state index in [1.165, 1.54) is 21.7 Å². The van der Waals surface area contributed by atoms with Gasteiger partial charge in [-0.25, -0.2) is 10.1 Å². The summed E-state index contributed by atoms with van der Waals surface area (Å²) < 4.78 is 1.22. The van der Waals surface area contributed by atoms with E-state index < -0.39 is 0 Å². The van der Waals surface area contributed by atoms with Crippen molar-refractivity contribution in [2.45, 2.75) is 6.54 Å². The number of carbonyl (C=O) groups is 1. The molecule has 7 nitrogen and oxygen atoms in total. The molecule has 2 N–H and O–H groups in total. The molecule has 8 heteroatoms. The highest BCUT2D eigenvalue weighted by Gasteiger charge is 2.26. The number of hydrogen-bond acceptors (Lipinski definition) is 5. The molecule has 1 aromatic carbocycles. The molecule has 1 aliphatic heterocycles. The second-order valence-corrected chi connectivity index (χ2v) is 7.22. The number of quaternary nitrogens is 1. The average molecular weight is 356 g/mol. The van der Waals surface area contributed by atoms with Crippen LogP contribution in [0.5, 0.6) is 0 Å². The van der Waals surface area contributed by atoms with E-state index in [1.807, 2.05) is 18.2 Å². The number of carbonyl (C=O) groups excluding carboxylic acids is 1. The first kappa shape index (κ1) is 15.9. The number of thiazole rings is 1. The van der Waals surface area contributed by atoms with E-state index >= 15 is 0 Å². The van der Waals surface area contributed by atoms with Crippen LogP contribution in [0.2, 0.25) is 0 Å². The quantitative estimate of drug-likeness (QED) is 0.688. The molecule has 1 aliphatic rings. The van der Waals surface area contributed by atoms with E-state index in [1.54, 1.807) is 16.2 Å². The van der Waals surface area contributed by atoms with Crippen molar-refractivity contribution < 1.29 is 9.69 Å². The Morgan fingerprint density at radius 3 is 2.72 bits per heavy atom. The number of aromatic nitrogens is 3. The molecule has 3 aromatic rings. The lowest BCUT2D eigenvalue weighted by Crippen LogP contribution is -3.13. The number of benzene rings is 1. The van der Waals surface area contributed by atoms with Crippen molar-refractivity contribution in [3.63, 3.8) is 0 Å². The average Bonchev–Trinajstić information content (AvgIpc) is 3.05. The van der Waals surface area contributed by atoms with E-state index in [9.17, 15) is 9.59 Å². The predicted octanol–water partition coefficient (Wildman–Crippen LogP) is -0.0795. The van der Waals surface area contributed by atoms with Gasteiger partial charge in [0.25, 0.3) is 11.5 Å². The fraction of sp³-hybridized carbons (Fsp3) is 0.294. The highest BCUT2D eigenvalue weighted by molar-refractivity contribution is 7.18. The summed E-state index contributed by atoms with van der Waals surface area (Å²) in [4.78, 5) is 31.4. The molecule has 1 saturated heterocycles. The van der Waals surface area contributed by atoms with E-state index in [-0.39, 0.29) is 17.2 Å². The van der Waals surface area contributed by atoms with Crippen LogP contribution in [0.25, 0.3) is 10.2 Å². The van der Waals surface area contributed by atoms with Crippen molar-refractivity contribution in [2.75, 3.05) is 26.2 Å². The summed E-state index contributed by atoms with van der Waals surface area (Å²) in [6, 6.07) is 11.0. The number of fused-ring (bicyclic) bond motifs is 1. The number of nitrogens with zero attached hydrogens (tertiary/aromatic N) is 3. The van der Waals surface area contributed by atoms with Gasteiger partial charge in [0.2, 0.25) is 0 Å². The van der Waals surface area contributed by atoms with Crippen molar-refractivity contribution >= 4 is 27.5 Å². The van der Waals surface area contributed by atoms with Crippen LogP contribution in [0.15, 0.2) is 41.2 Å². The summed E-state index contributed by atoms with van der Waals surface area (Å²) >= 11 is 1.74.